The molecule has 0 unspecified atom stereocenters. The molecule has 2 aliphatic carbocycles. The highest BCUT2D eigenvalue weighted by atomic mass is 16.2. The van der Waals surface area contributed by atoms with E-state index < -0.39 is 0 Å². The highest BCUT2D eigenvalue weighted by Gasteiger charge is 2.29. The van der Waals surface area contributed by atoms with Gasteiger partial charge in [0.15, 0.2) is 0 Å². The maximum Gasteiger partial charge on any atom is 0.323 e. The third kappa shape index (κ3) is 5.05. The Morgan fingerprint density at radius 2 is 1.67 bits per heavy atom. The molecule has 0 bridgehead atoms. The van der Waals surface area contributed by atoms with Crippen LogP contribution < -0.4 is 10.2 Å². The van der Waals surface area contributed by atoms with Gasteiger partial charge in [0.1, 0.15) is 18.0 Å². The number of anilines is 2. The van der Waals surface area contributed by atoms with Crippen LogP contribution in [0, 0.1) is 0 Å². The molecule has 0 spiro atoms. The Morgan fingerprint density at radius 1 is 1.00 bits per heavy atom. The lowest BCUT2D eigenvalue weighted by molar-refractivity contribution is 0.145. The highest BCUT2D eigenvalue weighted by molar-refractivity contribution is 5.89. The van der Waals surface area contributed by atoms with Crippen molar-refractivity contribution < 1.29 is 4.79 Å². The van der Waals surface area contributed by atoms with E-state index in [-0.39, 0.29) is 12.1 Å². The summed E-state index contributed by atoms with van der Waals surface area (Å²) >= 11 is 0. The van der Waals surface area contributed by atoms with Crippen molar-refractivity contribution in [3.8, 4) is 0 Å². The van der Waals surface area contributed by atoms with Crippen molar-refractivity contribution in [3.63, 3.8) is 0 Å². The number of hydrogen-bond donors (Lipinski definition) is 1. The molecule has 2 amide bonds. The van der Waals surface area contributed by atoms with E-state index >= 15 is 0 Å². The van der Waals surface area contributed by atoms with Gasteiger partial charge in [-0.2, -0.15) is 0 Å². The molecule has 0 aromatic carbocycles. The summed E-state index contributed by atoms with van der Waals surface area (Å²) in [5.41, 5.74) is 0. The summed E-state index contributed by atoms with van der Waals surface area (Å²) in [5.74, 6) is 1.52. The van der Waals surface area contributed by atoms with E-state index in [0.29, 0.717) is 11.9 Å². The second kappa shape index (κ2) is 9.94. The zero-order valence-corrected chi connectivity index (χ0v) is 18.7. The van der Waals surface area contributed by atoms with E-state index in [1.54, 1.807) is 6.33 Å². The number of carbonyl (C=O) groups excluding carboxylic acids is 1. The fraction of sp³-hybridized carbons (Fsp3) is 0.783. The van der Waals surface area contributed by atoms with Gasteiger partial charge in [0.05, 0.1) is 0 Å². The Bertz CT molecular complexity index is 691. The summed E-state index contributed by atoms with van der Waals surface area (Å²) in [4.78, 5) is 28.9. The molecule has 0 radical (unpaired) electrons. The summed E-state index contributed by atoms with van der Waals surface area (Å²) < 4.78 is 0. The minimum Gasteiger partial charge on any atom is -0.354 e. The highest BCUT2D eigenvalue weighted by Crippen LogP contribution is 2.27. The van der Waals surface area contributed by atoms with Gasteiger partial charge in [-0.05, 0) is 39.5 Å². The summed E-state index contributed by atoms with van der Waals surface area (Å²) in [6, 6.07) is 3.20. The molecule has 3 fully saturated rings. The Kier molecular flexibility index (Phi) is 7.08. The van der Waals surface area contributed by atoms with Crippen LogP contribution in [0.1, 0.15) is 71.6 Å². The van der Waals surface area contributed by atoms with Crippen molar-refractivity contribution in [2.75, 3.05) is 36.4 Å². The number of nitrogens with one attached hydrogen (secondary N) is 1. The smallest absolute Gasteiger partial charge is 0.323 e. The Labute approximate surface area is 181 Å². The molecule has 4 rings (SSSR count). The molecule has 7 heteroatoms. The topological polar surface area (TPSA) is 64.6 Å². The molecule has 1 aliphatic heterocycles. The lowest BCUT2D eigenvalue weighted by atomic mass is 9.93. The van der Waals surface area contributed by atoms with Gasteiger partial charge in [-0.3, -0.25) is 10.2 Å². The molecule has 0 atom stereocenters. The Balaban J connectivity index is 1.36. The van der Waals surface area contributed by atoms with Crippen LogP contribution in [-0.2, 0) is 0 Å². The molecular formula is C23H38N6O. The van der Waals surface area contributed by atoms with Crippen LogP contribution in [0.2, 0.25) is 0 Å². The van der Waals surface area contributed by atoms with Gasteiger partial charge in [0.2, 0.25) is 0 Å². The predicted molar refractivity (Wildman–Crippen MR) is 121 cm³/mol. The standard InChI is InChI=1S/C23H38N6O/c1-18(2)29(20-10-4-3-5-11-20)23(30)26-21-16-22(25-17-24-21)28-14-12-27(13-15-28)19-8-6-7-9-19/h16-20H,3-15H2,1-2H3,(H,24,25,26,30). The number of nitrogens with zero attached hydrogens (tertiary/aromatic N) is 5. The molecule has 1 aromatic rings. The van der Waals surface area contributed by atoms with Crippen molar-refractivity contribution in [1.82, 2.24) is 19.8 Å². The number of hydrogen-bond acceptors (Lipinski definition) is 5. The van der Waals surface area contributed by atoms with Gasteiger partial charge in [-0.15, -0.1) is 0 Å². The van der Waals surface area contributed by atoms with Crippen molar-refractivity contribution in [3.05, 3.63) is 12.4 Å². The lowest BCUT2D eigenvalue weighted by Crippen LogP contribution is -2.50. The third-order valence-corrected chi connectivity index (χ3v) is 7.13. The Hall–Kier alpha value is -1.89. The summed E-state index contributed by atoms with van der Waals surface area (Å²) in [5, 5.41) is 3.05. The average Bonchev–Trinajstić information content (AvgIpc) is 3.30. The monoisotopic (exact) mass is 414 g/mol. The maximum absolute atomic E-state index is 13.1. The molecule has 1 N–H and O–H groups in total. The molecular weight excluding hydrogens is 376 g/mol. The van der Waals surface area contributed by atoms with Crippen LogP contribution in [-0.4, -0.2) is 70.1 Å². The Morgan fingerprint density at radius 3 is 2.33 bits per heavy atom. The lowest BCUT2D eigenvalue weighted by Gasteiger charge is -2.38. The number of carbonyl (C=O) groups is 1. The summed E-state index contributed by atoms with van der Waals surface area (Å²) in [7, 11) is 0. The van der Waals surface area contributed by atoms with E-state index in [0.717, 1.165) is 50.9 Å². The largest absolute Gasteiger partial charge is 0.354 e. The molecule has 7 nitrogen and oxygen atoms in total. The van der Waals surface area contributed by atoms with Crippen molar-refractivity contribution in [1.29, 1.82) is 0 Å². The normalized spacial score (nSPS) is 21.9. The number of rotatable bonds is 5. The van der Waals surface area contributed by atoms with Gasteiger partial charge in [-0.1, -0.05) is 32.1 Å². The zero-order valence-electron chi connectivity index (χ0n) is 18.7. The van der Waals surface area contributed by atoms with Crippen LogP contribution >= 0.6 is 0 Å². The molecule has 3 aliphatic rings. The van der Waals surface area contributed by atoms with Gasteiger partial charge in [0.25, 0.3) is 0 Å². The van der Waals surface area contributed by atoms with Crippen LogP contribution in [0.5, 0.6) is 0 Å². The first-order valence-electron chi connectivity index (χ1n) is 12.0. The van der Waals surface area contributed by atoms with Crippen molar-refractivity contribution in [2.24, 2.45) is 0 Å². The van der Waals surface area contributed by atoms with Gasteiger partial charge >= 0.3 is 6.03 Å². The second-order valence-corrected chi connectivity index (χ2v) is 9.45. The molecule has 30 heavy (non-hydrogen) atoms. The molecule has 1 aromatic heterocycles. The van der Waals surface area contributed by atoms with E-state index in [9.17, 15) is 4.79 Å². The van der Waals surface area contributed by atoms with Crippen LogP contribution in [0.4, 0.5) is 16.4 Å². The second-order valence-electron chi connectivity index (χ2n) is 9.45. The minimum atomic E-state index is -0.0346. The average molecular weight is 415 g/mol. The number of urea groups is 1. The molecule has 166 valence electrons. The minimum absolute atomic E-state index is 0.0346. The number of aromatic nitrogens is 2. The summed E-state index contributed by atoms with van der Waals surface area (Å²) in [6.45, 7) is 8.37. The third-order valence-electron chi connectivity index (χ3n) is 7.13. The van der Waals surface area contributed by atoms with Gasteiger partial charge in [0, 0.05) is 50.4 Å². The van der Waals surface area contributed by atoms with Crippen molar-refractivity contribution >= 4 is 17.7 Å². The van der Waals surface area contributed by atoms with E-state index in [4.69, 9.17) is 0 Å². The van der Waals surface area contributed by atoms with Crippen LogP contribution in [0.15, 0.2) is 12.4 Å². The molecule has 2 saturated carbocycles. The number of piperazine rings is 1. The van der Waals surface area contributed by atoms with E-state index in [1.165, 1.54) is 44.9 Å². The van der Waals surface area contributed by atoms with Gasteiger partial charge < -0.3 is 9.80 Å². The molecule has 1 saturated heterocycles. The van der Waals surface area contributed by atoms with Crippen LogP contribution in [0.25, 0.3) is 0 Å². The first-order chi connectivity index (χ1) is 14.6. The van der Waals surface area contributed by atoms with Crippen LogP contribution in [0.3, 0.4) is 0 Å². The van der Waals surface area contributed by atoms with E-state index in [2.05, 4.69) is 38.9 Å². The molecule has 2 heterocycles. The van der Waals surface area contributed by atoms with E-state index in [1.807, 2.05) is 11.0 Å². The fourth-order valence-electron chi connectivity index (χ4n) is 5.53. The van der Waals surface area contributed by atoms with Gasteiger partial charge in [-0.25, -0.2) is 14.8 Å². The summed E-state index contributed by atoms with van der Waals surface area (Å²) in [6.07, 6.45) is 13.0. The SMILES string of the molecule is CC(C)N(C(=O)Nc1cc(N2CCN(C3CCCC3)CC2)ncn1)C1CCCCC1. The first kappa shape index (κ1) is 21.3. The quantitative estimate of drug-likeness (QED) is 0.785. The number of amides is 2. The van der Waals surface area contributed by atoms with Crippen molar-refractivity contribution in [2.45, 2.75) is 89.8 Å². The predicted octanol–water partition coefficient (Wildman–Crippen LogP) is 4.12. The fourth-order valence-corrected chi connectivity index (χ4v) is 5.53. The first-order valence-corrected chi connectivity index (χ1v) is 12.0. The maximum atomic E-state index is 13.1. The zero-order chi connectivity index (χ0) is 20.9.